The van der Waals surface area contributed by atoms with Gasteiger partial charge in [0.1, 0.15) is 10.8 Å². The van der Waals surface area contributed by atoms with Crippen molar-refractivity contribution in [2.75, 3.05) is 32.6 Å². The van der Waals surface area contributed by atoms with Crippen molar-refractivity contribution in [1.29, 1.82) is 0 Å². The molecule has 33 heavy (non-hydrogen) atoms. The monoisotopic (exact) mass is 486 g/mol. The van der Waals surface area contributed by atoms with Gasteiger partial charge < -0.3 is 19.7 Å². The minimum absolute atomic E-state index is 0.0109. The van der Waals surface area contributed by atoms with E-state index in [1.54, 1.807) is 23.1 Å². The van der Waals surface area contributed by atoms with Gasteiger partial charge in [-0.25, -0.2) is 4.68 Å². The van der Waals surface area contributed by atoms with Crippen molar-refractivity contribution >= 4 is 23.3 Å². The largest absolute Gasteiger partial charge is 0.493 e. The number of aromatic nitrogens is 2. The van der Waals surface area contributed by atoms with E-state index >= 15 is 0 Å². The molecule has 3 heterocycles. The molecule has 2 aliphatic heterocycles. The Kier molecular flexibility index (Phi) is 6.65. The number of carbonyl (C=O) groups is 1. The lowest BCUT2D eigenvalue weighted by molar-refractivity contribution is -0.173. The molecule has 180 valence electrons. The number of rotatable bonds is 4. The molecule has 2 aromatic rings. The summed E-state index contributed by atoms with van der Waals surface area (Å²) in [5, 5.41) is 7.03. The maximum atomic E-state index is 14.1. The van der Waals surface area contributed by atoms with Crippen LogP contribution in [0.15, 0.2) is 18.2 Å². The van der Waals surface area contributed by atoms with Gasteiger partial charge in [0.15, 0.2) is 23.2 Å². The van der Waals surface area contributed by atoms with Gasteiger partial charge in [0, 0.05) is 19.5 Å². The fourth-order valence-corrected chi connectivity index (χ4v) is 4.70. The molecule has 11 heteroatoms. The number of ether oxygens (including phenoxy) is 2. The first kappa shape index (κ1) is 23.5. The highest BCUT2D eigenvalue weighted by atomic mass is 35.5. The topological polar surface area (TPSA) is 68.6 Å². The Morgan fingerprint density at radius 1 is 1.12 bits per heavy atom. The Morgan fingerprint density at radius 3 is 2.39 bits per heavy atom. The van der Waals surface area contributed by atoms with Crippen LogP contribution in [-0.4, -0.2) is 54.1 Å². The van der Waals surface area contributed by atoms with Gasteiger partial charge in [-0.3, -0.25) is 4.79 Å². The number of fused-ring (bicyclic) bond motifs is 1. The van der Waals surface area contributed by atoms with Crippen LogP contribution >= 0.6 is 11.6 Å². The van der Waals surface area contributed by atoms with Crippen molar-refractivity contribution in [3.63, 3.8) is 0 Å². The van der Waals surface area contributed by atoms with Crippen LogP contribution in [0.25, 0.3) is 0 Å². The van der Waals surface area contributed by atoms with Crippen molar-refractivity contribution in [2.45, 2.75) is 50.4 Å². The lowest BCUT2D eigenvalue weighted by Gasteiger charge is -2.33. The van der Waals surface area contributed by atoms with Gasteiger partial charge in [0.2, 0.25) is 0 Å². The number of hydrogen-bond donors (Lipinski definition) is 1. The Labute approximate surface area is 194 Å². The van der Waals surface area contributed by atoms with Crippen molar-refractivity contribution in [2.24, 2.45) is 0 Å². The average Bonchev–Trinajstić information content (AvgIpc) is 2.96. The zero-order valence-electron chi connectivity index (χ0n) is 18.4. The minimum atomic E-state index is -4.58. The number of carbonyl (C=O) groups excluding carboxylic acids is 1. The third-order valence-corrected chi connectivity index (χ3v) is 6.56. The van der Waals surface area contributed by atoms with Crippen LogP contribution in [0.3, 0.4) is 0 Å². The summed E-state index contributed by atoms with van der Waals surface area (Å²) in [6.07, 6.45) is -1.17. The number of benzene rings is 1. The van der Waals surface area contributed by atoms with Crippen LogP contribution in [0, 0.1) is 0 Å². The van der Waals surface area contributed by atoms with E-state index in [-0.39, 0.29) is 23.0 Å². The van der Waals surface area contributed by atoms with E-state index < -0.39 is 24.2 Å². The van der Waals surface area contributed by atoms with Gasteiger partial charge in [-0.1, -0.05) is 30.5 Å². The summed E-state index contributed by atoms with van der Waals surface area (Å²) >= 11 is 6.47. The van der Waals surface area contributed by atoms with Gasteiger partial charge in [-0.15, -0.1) is 0 Å². The standard InChI is InChI=1S/C22H26ClF3N4O3/c1-32-15-8-7-13(11-16(15)33-2)14-12-17(22(24,25)26)30-20(27-14)18(23)19(28-30)21(31)29-9-5-3-4-6-10-29/h7-8,11,14,17,27H,3-6,9-10,12H2,1-2H3/t14-,17-/m1/s1. The van der Waals surface area contributed by atoms with E-state index in [1.165, 1.54) is 14.2 Å². The number of nitrogens with one attached hydrogen (secondary N) is 1. The van der Waals surface area contributed by atoms with E-state index in [0.717, 1.165) is 30.4 Å². The molecule has 0 spiro atoms. The first-order valence-electron chi connectivity index (χ1n) is 10.9. The van der Waals surface area contributed by atoms with Crippen LogP contribution in [0.1, 0.15) is 60.2 Å². The van der Waals surface area contributed by atoms with Crippen LogP contribution in [0.4, 0.5) is 19.0 Å². The number of nitrogens with zero attached hydrogens (tertiary/aromatic N) is 3. The fourth-order valence-electron chi connectivity index (χ4n) is 4.44. The maximum absolute atomic E-state index is 14.1. The Hall–Kier alpha value is -2.62. The summed E-state index contributed by atoms with van der Waals surface area (Å²) in [6.45, 7) is 1.09. The Balaban J connectivity index is 1.71. The molecular weight excluding hydrogens is 461 g/mol. The van der Waals surface area contributed by atoms with Crippen LogP contribution in [-0.2, 0) is 0 Å². The molecule has 4 rings (SSSR count). The second-order valence-corrected chi connectivity index (χ2v) is 8.64. The van der Waals surface area contributed by atoms with Gasteiger partial charge in [0.25, 0.3) is 5.91 Å². The van der Waals surface area contributed by atoms with E-state index in [0.29, 0.717) is 30.2 Å². The number of likely N-dealkylation sites (tertiary alicyclic amines) is 1. The number of amides is 1. The molecule has 0 aliphatic carbocycles. The predicted molar refractivity (Wildman–Crippen MR) is 117 cm³/mol. The molecule has 7 nitrogen and oxygen atoms in total. The van der Waals surface area contributed by atoms with Crippen molar-refractivity contribution in [3.05, 3.63) is 34.5 Å². The molecule has 1 N–H and O–H groups in total. The van der Waals surface area contributed by atoms with E-state index in [2.05, 4.69) is 10.4 Å². The quantitative estimate of drug-likeness (QED) is 0.641. The SMILES string of the molecule is COc1ccc([C@H]2C[C@H](C(F)(F)F)n3nc(C(=O)N4CCCCCC4)c(Cl)c3N2)cc1OC. The van der Waals surface area contributed by atoms with Gasteiger partial charge in [-0.05, 0) is 30.5 Å². The van der Waals surface area contributed by atoms with Crippen LogP contribution < -0.4 is 14.8 Å². The van der Waals surface area contributed by atoms with Crippen molar-refractivity contribution in [3.8, 4) is 11.5 Å². The summed E-state index contributed by atoms with van der Waals surface area (Å²) in [6, 6.07) is 2.29. The lowest BCUT2D eigenvalue weighted by Crippen LogP contribution is -2.36. The summed E-state index contributed by atoms with van der Waals surface area (Å²) in [4.78, 5) is 14.7. The molecule has 0 unspecified atom stereocenters. The molecule has 2 atom stereocenters. The van der Waals surface area contributed by atoms with Gasteiger partial charge in [0.05, 0.1) is 20.3 Å². The Morgan fingerprint density at radius 2 is 1.79 bits per heavy atom. The summed E-state index contributed by atoms with van der Waals surface area (Å²) in [5.41, 5.74) is 0.425. The fraction of sp³-hybridized carbons (Fsp3) is 0.545. The zero-order valence-corrected chi connectivity index (χ0v) is 19.2. The second-order valence-electron chi connectivity index (χ2n) is 8.27. The normalized spacial score (nSPS) is 21.1. The highest BCUT2D eigenvalue weighted by molar-refractivity contribution is 6.36. The molecular formula is C22H26ClF3N4O3. The van der Waals surface area contributed by atoms with Crippen molar-refractivity contribution in [1.82, 2.24) is 14.7 Å². The highest BCUT2D eigenvalue weighted by Crippen LogP contribution is 2.47. The lowest BCUT2D eigenvalue weighted by atomic mass is 9.96. The zero-order chi connectivity index (χ0) is 23.8. The number of hydrogen-bond acceptors (Lipinski definition) is 5. The number of anilines is 1. The summed E-state index contributed by atoms with van der Waals surface area (Å²) in [7, 11) is 2.94. The maximum Gasteiger partial charge on any atom is 0.410 e. The van der Waals surface area contributed by atoms with E-state index in [1.807, 2.05) is 0 Å². The molecule has 1 aromatic heterocycles. The molecule has 1 aromatic carbocycles. The van der Waals surface area contributed by atoms with E-state index in [9.17, 15) is 18.0 Å². The molecule has 2 aliphatic rings. The van der Waals surface area contributed by atoms with Crippen molar-refractivity contribution < 1.29 is 27.4 Å². The first-order valence-corrected chi connectivity index (χ1v) is 11.2. The minimum Gasteiger partial charge on any atom is -0.493 e. The molecule has 0 bridgehead atoms. The summed E-state index contributed by atoms with van der Waals surface area (Å²) in [5.74, 6) is 0.429. The molecule has 0 saturated carbocycles. The predicted octanol–water partition coefficient (Wildman–Crippen LogP) is 5.23. The number of alkyl halides is 3. The number of halogens is 4. The third kappa shape index (κ3) is 4.58. The van der Waals surface area contributed by atoms with E-state index in [4.69, 9.17) is 21.1 Å². The van der Waals surface area contributed by atoms with Crippen LogP contribution in [0.2, 0.25) is 5.02 Å². The smallest absolute Gasteiger partial charge is 0.410 e. The molecule has 1 amide bonds. The average molecular weight is 487 g/mol. The number of methoxy groups -OCH3 is 2. The molecule has 1 fully saturated rings. The molecule has 1 saturated heterocycles. The molecule has 0 radical (unpaired) electrons. The van der Waals surface area contributed by atoms with Gasteiger partial charge >= 0.3 is 6.18 Å². The Bertz CT molecular complexity index is 1020. The highest BCUT2D eigenvalue weighted by Gasteiger charge is 2.48. The summed E-state index contributed by atoms with van der Waals surface area (Å²) < 4.78 is 53.5. The van der Waals surface area contributed by atoms with Gasteiger partial charge in [-0.2, -0.15) is 18.3 Å². The van der Waals surface area contributed by atoms with Crippen LogP contribution in [0.5, 0.6) is 11.5 Å². The third-order valence-electron chi connectivity index (χ3n) is 6.20. The second kappa shape index (κ2) is 9.32. The first-order chi connectivity index (χ1) is 15.7.